The van der Waals surface area contributed by atoms with E-state index in [1.807, 2.05) is 6.07 Å². The molecule has 3 atom stereocenters. The number of ether oxygens (including phenoxy) is 4. The smallest absolute Gasteiger partial charge is 0.142 e. The number of fused-ring (bicyclic) bond motifs is 1. The van der Waals surface area contributed by atoms with Crippen LogP contribution in [0.15, 0.2) is 42.5 Å². The Balaban J connectivity index is 1.39. The number of methoxy groups -OCH3 is 1. The lowest BCUT2D eigenvalue weighted by Crippen LogP contribution is -2.49. The molecule has 4 rings (SSSR count). The number of nitrogens with one attached hydrogen (secondary N) is 1. The van der Waals surface area contributed by atoms with Gasteiger partial charge in [0.25, 0.3) is 0 Å². The van der Waals surface area contributed by atoms with Gasteiger partial charge in [0, 0.05) is 45.0 Å². The number of anilines is 1. The van der Waals surface area contributed by atoms with Gasteiger partial charge >= 0.3 is 0 Å². The zero-order valence-electron chi connectivity index (χ0n) is 21.5. The highest BCUT2D eigenvalue weighted by Crippen LogP contribution is 2.34. The van der Waals surface area contributed by atoms with Crippen molar-refractivity contribution in [1.29, 1.82) is 0 Å². The molecule has 0 bridgehead atoms. The third kappa shape index (κ3) is 7.37. The molecule has 2 aliphatic rings. The Morgan fingerprint density at radius 2 is 1.92 bits per heavy atom. The Hall–Kier alpha value is -1.81. The van der Waals surface area contributed by atoms with Crippen molar-refractivity contribution in [2.45, 2.75) is 37.8 Å². The summed E-state index contributed by atoms with van der Waals surface area (Å²) in [7, 11) is 1.74. The van der Waals surface area contributed by atoms with Crippen LogP contribution in [-0.2, 0) is 27.4 Å². The van der Waals surface area contributed by atoms with E-state index in [-0.39, 0.29) is 12.0 Å². The van der Waals surface area contributed by atoms with Gasteiger partial charge in [-0.25, -0.2) is 0 Å². The quantitative estimate of drug-likeness (QED) is 0.393. The summed E-state index contributed by atoms with van der Waals surface area (Å²) < 4.78 is 23.3. The third-order valence-electron chi connectivity index (χ3n) is 6.80. The molecule has 0 aromatic heterocycles. The van der Waals surface area contributed by atoms with E-state index in [0.29, 0.717) is 32.9 Å². The molecule has 1 fully saturated rings. The molecule has 2 N–H and O–H groups in total. The molecular weight excluding hydrogens is 476 g/mol. The second-order valence-corrected chi connectivity index (χ2v) is 10.4. The lowest BCUT2D eigenvalue weighted by molar-refractivity contribution is -0.0328. The Morgan fingerprint density at radius 3 is 2.72 bits per heavy atom. The SMILES string of the molecule is COCCCN1CCOc2ccc(CO[C@H]3CNC[C@@H](O)[C@@H]3c3ccc(COCCSC)cc3)cc21. The lowest BCUT2D eigenvalue weighted by Gasteiger charge is -2.36. The number of aliphatic hydroxyl groups is 1. The Kier molecular flexibility index (Phi) is 10.8. The fourth-order valence-electron chi connectivity index (χ4n) is 4.89. The zero-order valence-corrected chi connectivity index (χ0v) is 22.3. The summed E-state index contributed by atoms with van der Waals surface area (Å²) in [5.74, 6) is 1.85. The van der Waals surface area contributed by atoms with E-state index < -0.39 is 6.10 Å². The first-order chi connectivity index (χ1) is 17.7. The van der Waals surface area contributed by atoms with Gasteiger partial charge in [-0.1, -0.05) is 30.3 Å². The van der Waals surface area contributed by atoms with Gasteiger partial charge in [0.05, 0.1) is 44.3 Å². The summed E-state index contributed by atoms with van der Waals surface area (Å²) in [5.41, 5.74) is 4.47. The van der Waals surface area contributed by atoms with Gasteiger partial charge < -0.3 is 34.3 Å². The molecule has 1 saturated heterocycles. The van der Waals surface area contributed by atoms with Crippen molar-refractivity contribution in [1.82, 2.24) is 5.32 Å². The molecule has 36 heavy (non-hydrogen) atoms. The maximum Gasteiger partial charge on any atom is 0.142 e. The van der Waals surface area contributed by atoms with E-state index >= 15 is 0 Å². The van der Waals surface area contributed by atoms with Crippen molar-refractivity contribution in [2.75, 3.05) is 70.0 Å². The van der Waals surface area contributed by atoms with Gasteiger partial charge in [-0.2, -0.15) is 11.8 Å². The average molecular weight is 517 g/mol. The zero-order chi connectivity index (χ0) is 25.2. The van der Waals surface area contributed by atoms with Crippen LogP contribution < -0.4 is 15.0 Å². The number of β-amino-alcohol motifs (C(OH)–C–C–N with tert-alkyl or cyclic N) is 1. The van der Waals surface area contributed by atoms with Crippen molar-refractivity contribution in [3.63, 3.8) is 0 Å². The molecule has 8 heteroatoms. The summed E-state index contributed by atoms with van der Waals surface area (Å²) in [6.07, 6.45) is 2.44. The minimum absolute atomic E-state index is 0.0794. The summed E-state index contributed by atoms with van der Waals surface area (Å²) in [5, 5.41) is 14.2. The van der Waals surface area contributed by atoms with E-state index in [4.69, 9.17) is 18.9 Å². The third-order valence-corrected chi connectivity index (χ3v) is 7.38. The number of nitrogens with zero attached hydrogens (tertiary/aromatic N) is 1. The van der Waals surface area contributed by atoms with Crippen LogP contribution in [0.2, 0.25) is 0 Å². The van der Waals surface area contributed by atoms with Crippen LogP contribution in [0, 0.1) is 0 Å². The number of piperidine rings is 1. The van der Waals surface area contributed by atoms with E-state index in [2.05, 4.69) is 52.9 Å². The standard InChI is InChI=1S/C28H40N2O5S/c1-32-12-3-10-30-11-13-34-26-9-6-22(16-24(26)30)20-35-27-18-29-17-25(31)28(27)23-7-4-21(5-8-23)19-33-14-15-36-2/h4-9,16,25,27-29,31H,3,10-15,17-20H2,1-2H3/t25-,27+,28+/m1/s1. The first-order valence-corrected chi connectivity index (χ1v) is 14.2. The second-order valence-electron chi connectivity index (χ2n) is 9.37. The number of hydrogen-bond donors (Lipinski definition) is 2. The maximum absolute atomic E-state index is 10.9. The summed E-state index contributed by atoms with van der Waals surface area (Å²) in [6, 6.07) is 14.7. The largest absolute Gasteiger partial charge is 0.490 e. The topological polar surface area (TPSA) is 72.4 Å². The predicted molar refractivity (Wildman–Crippen MR) is 145 cm³/mol. The van der Waals surface area contributed by atoms with Gasteiger partial charge in [-0.15, -0.1) is 0 Å². The van der Waals surface area contributed by atoms with Crippen molar-refractivity contribution in [2.24, 2.45) is 0 Å². The van der Waals surface area contributed by atoms with Crippen molar-refractivity contribution >= 4 is 17.4 Å². The minimum Gasteiger partial charge on any atom is -0.490 e. The molecule has 7 nitrogen and oxygen atoms in total. The number of benzene rings is 2. The highest BCUT2D eigenvalue weighted by Gasteiger charge is 2.34. The van der Waals surface area contributed by atoms with Crippen LogP contribution >= 0.6 is 11.8 Å². The summed E-state index contributed by atoms with van der Waals surface area (Å²) in [6.45, 7) is 6.39. The molecule has 0 amide bonds. The first-order valence-electron chi connectivity index (χ1n) is 12.8. The second kappa shape index (κ2) is 14.2. The predicted octanol–water partition coefficient (Wildman–Crippen LogP) is 3.43. The van der Waals surface area contributed by atoms with E-state index in [1.165, 1.54) is 0 Å². The highest BCUT2D eigenvalue weighted by molar-refractivity contribution is 7.98. The molecule has 2 aliphatic heterocycles. The molecule has 2 aromatic rings. The van der Waals surface area contributed by atoms with Crippen LogP contribution in [0.5, 0.6) is 5.75 Å². The van der Waals surface area contributed by atoms with E-state index in [9.17, 15) is 5.11 Å². The molecule has 2 heterocycles. The van der Waals surface area contributed by atoms with Crippen LogP contribution in [0.25, 0.3) is 0 Å². The van der Waals surface area contributed by atoms with Crippen LogP contribution in [0.4, 0.5) is 5.69 Å². The van der Waals surface area contributed by atoms with Crippen molar-refractivity contribution in [3.05, 3.63) is 59.2 Å². The molecule has 0 saturated carbocycles. The summed E-state index contributed by atoms with van der Waals surface area (Å²) in [4.78, 5) is 2.36. The van der Waals surface area contributed by atoms with Gasteiger partial charge in [0.15, 0.2) is 0 Å². The molecule has 0 aliphatic carbocycles. The number of hydrogen-bond acceptors (Lipinski definition) is 8. The van der Waals surface area contributed by atoms with E-state index in [0.717, 1.165) is 66.6 Å². The van der Waals surface area contributed by atoms with Crippen molar-refractivity contribution in [3.8, 4) is 5.75 Å². The van der Waals surface area contributed by atoms with Gasteiger partial charge in [0.1, 0.15) is 12.4 Å². The van der Waals surface area contributed by atoms with Crippen LogP contribution in [0.3, 0.4) is 0 Å². The number of rotatable bonds is 13. The molecular formula is C28H40N2O5S. The molecule has 2 aromatic carbocycles. The van der Waals surface area contributed by atoms with Gasteiger partial charge in [-0.3, -0.25) is 0 Å². The fraction of sp³-hybridized carbons (Fsp3) is 0.571. The maximum atomic E-state index is 10.9. The van der Waals surface area contributed by atoms with Gasteiger partial charge in [-0.05, 0) is 41.5 Å². The van der Waals surface area contributed by atoms with Crippen molar-refractivity contribution < 1.29 is 24.1 Å². The molecule has 0 spiro atoms. The van der Waals surface area contributed by atoms with Crippen LogP contribution in [-0.4, -0.2) is 82.4 Å². The number of thioether (sulfide) groups is 1. The fourth-order valence-corrected chi connectivity index (χ4v) is 5.17. The molecule has 0 radical (unpaired) electrons. The molecule has 0 unspecified atom stereocenters. The number of aliphatic hydroxyl groups excluding tert-OH is 1. The van der Waals surface area contributed by atoms with Gasteiger partial charge in [0.2, 0.25) is 0 Å². The lowest BCUT2D eigenvalue weighted by atomic mass is 9.85. The Morgan fingerprint density at radius 1 is 1.08 bits per heavy atom. The Labute approximate surface area is 219 Å². The normalized spacial score (nSPS) is 21.8. The highest BCUT2D eigenvalue weighted by atomic mass is 32.2. The summed E-state index contributed by atoms with van der Waals surface area (Å²) >= 11 is 1.79. The minimum atomic E-state index is -0.499. The monoisotopic (exact) mass is 516 g/mol. The Bertz CT molecular complexity index is 929. The molecule has 198 valence electrons. The van der Waals surface area contributed by atoms with E-state index in [1.54, 1.807) is 18.9 Å². The first kappa shape index (κ1) is 27.2. The average Bonchev–Trinajstić information content (AvgIpc) is 2.91. The van der Waals surface area contributed by atoms with Crippen LogP contribution in [0.1, 0.15) is 29.0 Å².